The second-order valence-corrected chi connectivity index (χ2v) is 7.68. The average molecular weight is 448 g/mol. The number of thiophene rings is 1. The van der Waals surface area contributed by atoms with Gasteiger partial charge in [-0.3, -0.25) is 14.3 Å². The molecule has 0 bridgehead atoms. The van der Waals surface area contributed by atoms with Crippen LogP contribution in [-0.2, 0) is 7.05 Å². The molecule has 0 aliphatic carbocycles. The van der Waals surface area contributed by atoms with Crippen LogP contribution in [0.25, 0.3) is 20.7 Å². The van der Waals surface area contributed by atoms with Crippen LogP contribution in [0.3, 0.4) is 0 Å². The standard InChI is InChI=1S/C21H15F3N2O4S/c1-11-16-18(27)25-20(28)26(2)19(16)31-17(11)12-8-9-14(15(10-12)30-21(22,23)24)29-13-6-4-3-5-7-13/h3-10H,1-2H3,(H,25,27,28). The number of halogens is 3. The summed E-state index contributed by atoms with van der Waals surface area (Å²) >= 11 is 1.13. The van der Waals surface area contributed by atoms with Crippen LogP contribution < -0.4 is 20.7 Å². The topological polar surface area (TPSA) is 73.3 Å². The first-order valence-corrected chi connectivity index (χ1v) is 9.81. The lowest BCUT2D eigenvalue weighted by Gasteiger charge is -2.15. The van der Waals surface area contributed by atoms with Gasteiger partial charge in [0.2, 0.25) is 0 Å². The number of nitrogens with one attached hydrogen (secondary N) is 1. The molecule has 0 spiro atoms. The molecule has 2 heterocycles. The van der Waals surface area contributed by atoms with E-state index in [0.29, 0.717) is 32.0 Å². The van der Waals surface area contributed by atoms with Crippen molar-refractivity contribution in [2.45, 2.75) is 13.3 Å². The number of H-pyrrole nitrogens is 1. The Hall–Kier alpha value is -3.53. The summed E-state index contributed by atoms with van der Waals surface area (Å²) in [6.45, 7) is 1.67. The van der Waals surface area contributed by atoms with Crippen molar-refractivity contribution in [2.75, 3.05) is 0 Å². The van der Waals surface area contributed by atoms with Crippen LogP contribution in [0, 0.1) is 6.92 Å². The Bertz CT molecular complexity index is 1390. The molecule has 0 radical (unpaired) electrons. The second-order valence-electron chi connectivity index (χ2n) is 6.68. The van der Waals surface area contributed by atoms with E-state index in [1.165, 1.54) is 23.7 Å². The van der Waals surface area contributed by atoms with Crippen LogP contribution in [0.2, 0.25) is 0 Å². The molecule has 4 rings (SSSR count). The third-order valence-corrected chi connectivity index (χ3v) is 6.00. The molecule has 31 heavy (non-hydrogen) atoms. The van der Waals surface area contributed by atoms with Crippen molar-refractivity contribution in [3.8, 4) is 27.7 Å². The molecule has 4 aromatic rings. The first-order chi connectivity index (χ1) is 14.6. The number of hydrogen-bond donors (Lipinski definition) is 1. The normalized spacial score (nSPS) is 11.6. The average Bonchev–Trinajstić information content (AvgIpc) is 3.05. The fourth-order valence-corrected chi connectivity index (χ4v) is 4.43. The van der Waals surface area contributed by atoms with Gasteiger partial charge in [0, 0.05) is 11.9 Å². The minimum absolute atomic E-state index is 0.115. The van der Waals surface area contributed by atoms with E-state index < -0.39 is 23.4 Å². The van der Waals surface area contributed by atoms with Crippen molar-refractivity contribution in [1.82, 2.24) is 9.55 Å². The summed E-state index contributed by atoms with van der Waals surface area (Å²) in [6.07, 6.45) is -4.93. The number of rotatable bonds is 4. The Labute approximate surface area is 177 Å². The molecular formula is C21H15F3N2O4S. The van der Waals surface area contributed by atoms with Crippen LogP contribution in [0.4, 0.5) is 13.2 Å². The third kappa shape index (κ3) is 4.06. The van der Waals surface area contributed by atoms with E-state index in [0.717, 1.165) is 11.3 Å². The van der Waals surface area contributed by atoms with Crippen molar-refractivity contribution in [1.29, 1.82) is 0 Å². The molecule has 10 heteroatoms. The van der Waals surface area contributed by atoms with Gasteiger partial charge in [-0.05, 0) is 48.4 Å². The monoisotopic (exact) mass is 448 g/mol. The second kappa shape index (κ2) is 7.62. The van der Waals surface area contributed by atoms with E-state index >= 15 is 0 Å². The third-order valence-electron chi connectivity index (χ3n) is 4.59. The smallest absolute Gasteiger partial charge is 0.453 e. The SMILES string of the molecule is Cc1c(-c2ccc(Oc3ccccc3)c(OC(F)(F)F)c2)sc2c1c(=O)[nH]c(=O)n2C. The fourth-order valence-electron chi connectivity index (χ4n) is 3.17. The summed E-state index contributed by atoms with van der Waals surface area (Å²) in [5, 5.41) is 0.310. The van der Waals surface area contributed by atoms with Gasteiger partial charge < -0.3 is 9.47 Å². The van der Waals surface area contributed by atoms with E-state index in [4.69, 9.17) is 4.74 Å². The van der Waals surface area contributed by atoms with E-state index in [-0.39, 0.29) is 5.75 Å². The summed E-state index contributed by atoms with van der Waals surface area (Å²) in [5.74, 6) is -0.286. The van der Waals surface area contributed by atoms with Gasteiger partial charge in [0.15, 0.2) is 11.5 Å². The van der Waals surface area contributed by atoms with Gasteiger partial charge in [-0.15, -0.1) is 24.5 Å². The number of nitrogens with zero attached hydrogens (tertiary/aromatic N) is 1. The number of benzene rings is 2. The minimum Gasteiger partial charge on any atom is -0.453 e. The predicted octanol–water partition coefficient (Wildman–Crippen LogP) is 4.95. The van der Waals surface area contributed by atoms with E-state index in [1.807, 2.05) is 0 Å². The number of para-hydroxylation sites is 1. The molecule has 0 aliphatic rings. The number of aryl methyl sites for hydroxylation is 2. The molecule has 0 fully saturated rings. The first-order valence-electron chi connectivity index (χ1n) is 8.99. The van der Waals surface area contributed by atoms with Crippen LogP contribution in [-0.4, -0.2) is 15.9 Å². The largest absolute Gasteiger partial charge is 0.573 e. The number of aromatic nitrogens is 2. The van der Waals surface area contributed by atoms with Gasteiger partial charge in [-0.25, -0.2) is 4.79 Å². The highest BCUT2D eigenvalue weighted by molar-refractivity contribution is 7.22. The van der Waals surface area contributed by atoms with Crippen LogP contribution in [0.1, 0.15) is 5.56 Å². The van der Waals surface area contributed by atoms with Crippen molar-refractivity contribution < 1.29 is 22.6 Å². The molecule has 1 N–H and O–H groups in total. The highest BCUT2D eigenvalue weighted by atomic mass is 32.1. The Kier molecular flexibility index (Phi) is 5.10. The Morgan fingerprint density at radius 1 is 1.03 bits per heavy atom. The zero-order chi connectivity index (χ0) is 22.3. The van der Waals surface area contributed by atoms with Gasteiger partial charge in [-0.2, -0.15) is 0 Å². The number of hydrogen-bond acceptors (Lipinski definition) is 5. The van der Waals surface area contributed by atoms with Crippen molar-refractivity contribution >= 4 is 21.6 Å². The van der Waals surface area contributed by atoms with Gasteiger partial charge in [0.05, 0.1) is 5.39 Å². The maximum Gasteiger partial charge on any atom is 0.573 e. The van der Waals surface area contributed by atoms with E-state index in [2.05, 4.69) is 9.72 Å². The number of fused-ring (bicyclic) bond motifs is 1. The quantitative estimate of drug-likeness (QED) is 0.479. The predicted molar refractivity (Wildman–Crippen MR) is 111 cm³/mol. The minimum atomic E-state index is -4.93. The Morgan fingerprint density at radius 2 is 1.74 bits per heavy atom. The lowest BCUT2D eigenvalue weighted by Crippen LogP contribution is -2.27. The molecule has 0 unspecified atom stereocenters. The van der Waals surface area contributed by atoms with E-state index in [9.17, 15) is 22.8 Å². The summed E-state index contributed by atoms with van der Waals surface area (Å²) in [4.78, 5) is 27.4. The lowest BCUT2D eigenvalue weighted by atomic mass is 10.1. The maximum atomic E-state index is 13.0. The molecule has 2 aromatic heterocycles. The van der Waals surface area contributed by atoms with Gasteiger partial charge in [0.1, 0.15) is 10.6 Å². The molecule has 2 aromatic carbocycles. The molecule has 0 atom stereocenters. The number of aromatic amines is 1. The van der Waals surface area contributed by atoms with Gasteiger partial charge in [-0.1, -0.05) is 18.2 Å². The zero-order valence-electron chi connectivity index (χ0n) is 16.2. The molecule has 160 valence electrons. The van der Waals surface area contributed by atoms with Crippen LogP contribution in [0.15, 0.2) is 58.1 Å². The molecule has 6 nitrogen and oxygen atoms in total. The van der Waals surface area contributed by atoms with Gasteiger partial charge >= 0.3 is 12.1 Å². The molecule has 0 amide bonds. The maximum absolute atomic E-state index is 13.0. The molecule has 0 aliphatic heterocycles. The summed E-state index contributed by atoms with van der Waals surface area (Å²) in [7, 11) is 1.51. The number of alkyl halides is 3. The van der Waals surface area contributed by atoms with Gasteiger partial charge in [0.25, 0.3) is 5.56 Å². The van der Waals surface area contributed by atoms with E-state index in [1.54, 1.807) is 43.3 Å². The molecule has 0 saturated carbocycles. The lowest BCUT2D eigenvalue weighted by molar-refractivity contribution is -0.275. The summed E-state index contributed by atoms with van der Waals surface area (Å²) in [6, 6.07) is 12.5. The highest BCUT2D eigenvalue weighted by Gasteiger charge is 2.33. The van der Waals surface area contributed by atoms with Crippen molar-refractivity contribution in [3.63, 3.8) is 0 Å². The van der Waals surface area contributed by atoms with Crippen molar-refractivity contribution in [2.24, 2.45) is 7.05 Å². The first kappa shape index (κ1) is 20.7. The van der Waals surface area contributed by atoms with Crippen LogP contribution in [0.5, 0.6) is 17.2 Å². The Balaban J connectivity index is 1.86. The number of ether oxygens (including phenoxy) is 2. The summed E-state index contributed by atoms with van der Waals surface area (Å²) < 4.78 is 50.2. The van der Waals surface area contributed by atoms with Crippen molar-refractivity contribution in [3.05, 3.63) is 74.9 Å². The fraction of sp³-hybridized carbons (Fsp3) is 0.143. The zero-order valence-corrected chi connectivity index (χ0v) is 17.1. The highest BCUT2D eigenvalue weighted by Crippen LogP contribution is 2.42. The molecule has 0 saturated heterocycles. The molecular weight excluding hydrogens is 433 g/mol. The summed E-state index contributed by atoms with van der Waals surface area (Å²) in [5.41, 5.74) is -0.177. The van der Waals surface area contributed by atoms with Crippen LogP contribution >= 0.6 is 11.3 Å². The Morgan fingerprint density at radius 3 is 2.42 bits per heavy atom.